The molecule has 0 amide bonds. The van der Waals surface area contributed by atoms with Crippen LogP contribution in [0, 0.1) is 10.1 Å². The highest BCUT2D eigenvalue weighted by Gasteiger charge is 2.26. The standard InChI is InChI=1S/C13H18F2N2O4/c1-2-8-21-11-5-3-4-10(13(11)17(19)20)16(6-7-18)9-12(14)15/h3-5,12,18H,2,6-9H2,1H3. The van der Waals surface area contributed by atoms with Gasteiger partial charge in [-0.15, -0.1) is 0 Å². The number of hydrogen-bond donors (Lipinski definition) is 1. The molecule has 0 bridgehead atoms. The molecule has 0 spiro atoms. The number of benzene rings is 1. The third-order valence-electron chi connectivity index (χ3n) is 2.69. The Bertz CT molecular complexity index is 471. The summed E-state index contributed by atoms with van der Waals surface area (Å²) in [6.07, 6.45) is -2.00. The van der Waals surface area contributed by atoms with Crippen molar-refractivity contribution < 1.29 is 23.5 Å². The second-order valence-corrected chi connectivity index (χ2v) is 4.29. The molecule has 1 aromatic carbocycles. The van der Waals surface area contributed by atoms with Crippen LogP contribution < -0.4 is 9.64 Å². The van der Waals surface area contributed by atoms with E-state index < -0.39 is 17.9 Å². The predicted octanol–water partition coefficient (Wildman–Crippen LogP) is 2.45. The van der Waals surface area contributed by atoms with Gasteiger partial charge in [0, 0.05) is 6.54 Å². The van der Waals surface area contributed by atoms with Gasteiger partial charge in [0.15, 0.2) is 5.75 Å². The number of halogens is 2. The maximum atomic E-state index is 12.6. The van der Waals surface area contributed by atoms with Crippen molar-refractivity contribution in [2.24, 2.45) is 0 Å². The molecule has 8 heteroatoms. The van der Waals surface area contributed by atoms with Crippen molar-refractivity contribution in [2.75, 3.05) is 31.2 Å². The molecule has 1 aromatic rings. The molecule has 0 unspecified atom stereocenters. The lowest BCUT2D eigenvalue weighted by Gasteiger charge is -2.23. The number of nitrogens with zero attached hydrogens (tertiary/aromatic N) is 2. The predicted molar refractivity (Wildman–Crippen MR) is 74.2 cm³/mol. The Hall–Kier alpha value is -1.96. The van der Waals surface area contributed by atoms with E-state index >= 15 is 0 Å². The molecule has 1 rings (SSSR count). The minimum absolute atomic E-state index is 0.0166. The molecule has 0 aliphatic carbocycles. The molecule has 0 aliphatic heterocycles. The minimum Gasteiger partial charge on any atom is -0.487 e. The fourth-order valence-corrected chi connectivity index (χ4v) is 1.88. The summed E-state index contributed by atoms with van der Waals surface area (Å²) >= 11 is 0. The molecule has 0 heterocycles. The van der Waals surface area contributed by atoms with Gasteiger partial charge in [0.25, 0.3) is 6.43 Å². The van der Waals surface area contributed by atoms with Crippen LogP contribution in [-0.4, -0.2) is 42.8 Å². The third kappa shape index (κ3) is 4.82. The second kappa shape index (κ2) is 8.35. The van der Waals surface area contributed by atoms with Gasteiger partial charge in [0.2, 0.25) is 0 Å². The van der Waals surface area contributed by atoms with Gasteiger partial charge >= 0.3 is 5.69 Å². The van der Waals surface area contributed by atoms with Crippen LogP contribution in [0.1, 0.15) is 13.3 Å². The highest BCUT2D eigenvalue weighted by atomic mass is 19.3. The average molecular weight is 304 g/mol. The van der Waals surface area contributed by atoms with Crippen molar-refractivity contribution in [3.05, 3.63) is 28.3 Å². The molecule has 0 saturated heterocycles. The maximum absolute atomic E-state index is 12.6. The normalized spacial score (nSPS) is 10.7. The van der Waals surface area contributed by atoms with E-state index in [0.29, 0.717) is 13.0 Å². The number of ether oxygens (including phenoxy) is 1. The summed E-state index contributed by atoms with van der Waals surface area (Å²) in [5.74, 6) is 0.0385. The van der Waals surface area contributed by atoms with E-state index in [9.17, 15) is 18.9 Å². The molecule has 0 radical (unpaired) electrons. The number of aliphatic hydroxyl groups is 1. The zero-order valence-electron chi connectivity index (χ0n) is 11.7. The fourth-order valence-electron chi connectivity index (χ4n) is 1.88. The molecule has 0 saturated carbocycles. The topological polar surface area (TPSA) is 75.8 Å². The van der Waals surface area contributed by atoms with Crippen molar-refractivity contribution in [1.29, 1.82) is 0 Å². The van der Waals surface area contributed by atoms with Crippen LogP contribution in [0.3, 0.4) is 0 Å². The van der Waals surface area contributed by atoms with Gasteiger partial charge < -0.3 is 14.7 Å². The Morgan fingerprint density at radius 1 is 1.48 bits per heavy atom. The van der Waals surface area contributed by atoms with Crippen LogP contribution in [0.4, 0.5) is 20.2 Å². The molecule has 0 aliphatic rings. The van der Waals surface area contributed by atoms with Crippen LogP contribution in [-0.2, 0) is 0 Å². The molecule has 6 nitrogen and oxygen atoms in total. The molecule has 0 aromatic heterocycles. The summed E-state index contributed by atoms with van der Waals surface area (Å²) < 4.78 is 30.5. The van der Waals surface area contributed by atoms with Crippen molar-refractivity contribution in [3.63, 3.8) is 0 Å². The van der Waals surface area contributed by atoms with Crippen molar-refractivity contribution >= 4 is 11.4 Å². The smallest absolute Gasteiger partial charge is 0.333 e. The number of para-hydroxylation sites is 1. The number of aliphatic hydroxyl groups excluding tert-OH is 1. The van der Waals surface area contributed by atoms with E-state index in [2.05, 4.69) is 0 Å². The molecule has 1 N–H and O–H groups in total. The Balaban J connectivity index is 3.21. The van der Waals surface area contributed by atoms with E-state index in [1.165, 1.54) is 18.2 Å². The van der Waals surface area contributed by atoms with Crippen LogP contribution in [0.25, 0.3) is 0 Å². The lowest BCUT2D eigenvalue weighted by molar-refractivity contribution is -0.385. The highest BCUT2D eigenvalue weighted by molar-refractivity contribution is 5.69. The number of nitro groups is 1. The summed E-state index contributed by atoms with van der Waals surface area (Å²) in [5, 5.41) is 20.2. The molecule has 0 fully saturated rings. The molecule has 21 heavy (non-hydrogen) atoms. The third-order valence-corrected chi connectivity index (χ3v) is 2.69. The molecular formula is C13H18F2N2O4. The van der Waals surface area contributed by atoms with E-state index in [0.717, 1.165) is 4.90 Å². The second-order valence-electron chi connectivity index (χ2n) is 4.29. The lowest BCUT2D eigenvalue weighted by atomic mass is 10.2. The number of alkyl halides is 2. The van der Waals surface area contributed by atoms with Crippen molar-refractivity contribution in [1.82, 2.24) is 0 Å². The average Bonchev–Trinajstić information content (AvgIpc) is 2.43. The summed E-state index contributed by atoms with van der Waals surface area (Å²) in [6, 6.07) is 4.30. The van der Waals surface area contributed by atoms with Gasteiger partial charge in [-0.1, -0.05) is 13.0 Å². The Kier molecular flexibility index (Phi) is 6.80. The molecule has 0 atom stereocenters. The summed E-state index contributed by atoms with van der Waals surface area (Å²) in [7, 11) is 0. The number of rotatable bonds is 9. The minimum atomic E-state index is -2.67. The first kappa shape index (κ1) is 17.1. The summed E-state index contributed by atoms with van der Waals surface area (Å²) in [5.41, 5.74) is -0.344. The van der Waals surface area contributed by atoms with Gasteiger partial charge in [0.05, 0.1) is 24.7 Å². The zero-order valence-corrected chi connectivity index (χ0v) is 11.7. The summed E-state index contributed by atoms with van der Waals surface area (Å²) in [4.78, 5) is 11.7. The fraction of sp³-hybridized carbons (Fsp3) is 0.538. The Labute approximate surface area is 121 Å². The monoisotopic (exact) mass is 304 g/mol. The number of anilines is 1. The number of nitro benzene ring substituents is 1. The first-order valence-corrected chi connectivity index (χ1v) is 6.55. The van der Waals surface area contributed by atoms with Gasteiger partial charge in [-0.3, -0.25) is 10.1 Å². The highest BCUT2D eigenvalue weighted by Crippen LogP contribution is 2.37. The van der Waals surface area contributed by atoms with Crippen LogP contribution in [0.15, 0.2) is 18.2 Å². The van der Waals surface area contributed by atoms with E-state index in [1.807, 2.05) is 6.92 Å². The Morgan fingerprint density at radius 3 is 2.71 bits per heavy atom. The van der Waals surface area contributed by atoms with Gasteiger partial charge in [-0.2, -0.15) is 0 Å². The van der Waals surface area contributed by atoms with E-state index in [1.54, 1.807) is 0 Å². The first-order chi connectivity index (χ1) is 10.0. The van der Waals surface area contributed by atoms with Crippen molar-refractivity contribution in [3.8, 4) is 5.75 Å². The largest absolute Gasteiger partial charge is 0.487 e. The van der Waals surface area contributed by atoms with Crippen LogP contribution in [0.2, 0.25) is 0 Å². The summed E-state index contributed by atoms with van der Waals surface area (Å²) in [6.45, 7) is 0.939. The quantitative estimate of drug-likeness (QED) is 0.560. The van der Waals surface area contributed by atoms with Crippen LogP contribution in [0.5, 0.6) is 5.75 Å². The van der Waals surface area contributed by atoms with E-state index in [4.69, 9.17) is 9.84 Å². The van der Waals surface area contributed by atoms with Crippen LogP contribution >= 0.6 is 0 Å². The maximum Gasteiger partial charge on any atom is 0.333 e. The molecular weight excluding hydrogens is 286 g/mol. The van der Waals surface area contributed by atoms with Crippen molar-refractivity contribution in [2.45, 2.75) is 19.8 Å². The zero-order chi connectivity index (χ0) is 15.8. The van der Waals surface area contributed by atoms with Gasteiger partial charge in [0.1, 0.15) is 5.69 Å². The number of hydrogen-bond acceptors (Lipinski definition) is 5. The van der Waals surface area contributed by atoms with Gasteiger partial charge in [-0.25, -0.2) is 8.78 Å². The van der Waals surface area contributed by atoms with Gasteiger partial charge in [-0.05, 0) is 18.6 Å². The SMILES string of the molecule is CCCOc1cccc(N(CCO)CC(F)F)c1[N+](=O)[O-]. The Morgan fingerprint density at radius 2 is 2.19 bits per heavy atom. The first-order valence-electron chi connectivity index (χ1n) is 6.55. The molecule has 118 valence electrons. The lowest BCUT2D eigenvalue weighted by Crippen LogP contribution is -2.32. The van der Waals surface area contributed by atoms with E-state index in [-0.39, 0.29) is 30.3 Å².